The molecule has 1 heterocycles. The van der Waals surface area contributed by atoms with Crippen LogP contribution in [-0.4, -0.2) is 0 Å². The van der Waals surface area contributed by atoms with Crippen molar-refractivity contribution in [2.45, 2.75) is 32.1 Å². The number of anilines is 2. The molecule has 1 unspecified atom stereocenters. The van der Waals surface area contributed by atoms with E-state index in [2.05, 4.69) is 43.3 Å². The number of unbranched alkanes of at least 4 members (excludes halogenated alkanes) is 1. The maximum atomic E-state index is 9.11. The van der Waals surface area contributed by atoms with Gasteiger partial charge in [0, 0.05) is 16.7 Å². The number of rotatable bonds is 3. The summed E-state index contributed by atoms with van der Waals surface area (Å²) < 4.78 is 17.6. The van der Waals surface area contributed by atoms with Crippen molar-refractivity contribution in [1.29, 1.82) is 0 Å². The van der Waals surface area contributed by atoms with E-state index in [1.54, 1.807) is 5.31 Å². The molecule has 128 valence electrons. The third-order valence-corrected chi connectivity index (χ3v) is 5.59. The Hall–Kier alpha value is -2.80. The van der Waals surface area contributed by atoms with Gasteiger partial charge in [-0.2, -0.15) is 0 Å². The molecule has 0 bridgehead atoms. The van der Waals surface area contributed by atoms with Gasteiger partial charge in [0.1, 0.15) is 0 Å². The maximum absolute atomic E-state index is 9.11. The monoisotopic (exact) mass is 339 g/mol. The van der Waals surface area contributed by atoms with Gasteiger partial charge in [-0.15, -0.1) is 0 Å². The van der Waals surface area contributed by atoms with Crippen molar-refractivity contribution in [3.05, 3.63) is 83.9 Å². The number of fused-ring (bicyclic) bond motifs is 6. The predicted octanol–water partition coefficient (Wildman–Crippen LogP) is 7.37. The molecule has 4 aromatic rings. The van der Waals surface area contributed by atoms with Gasteiger partial charge < -0.3 is 5.31 Å². The van der Waals surface area contributed by atoms with Crippen LogP contribution in [0.15, 0.2) is 72.8 Å². The zero-order valence-electron chi connectivity index (χ0n) is 17.0. The molecule has 0 spiro atoms. The van der Waals surface area contributed by atoms with Crippen LogP contribution in [0.5, 0.6) is 0 Å². The van der Waals surface area contributed by atoms with Crippen molar-refractivity contribution < 1.29 is 2.78 Å². The topological polar surface area (TPSA) is 12.0 Å². The molecule has 4 aromatic carbocycles. The molecule has 1 nitrogen and oxygen atoms in total. The molecule has 0 saturated carbocycles. The van der Waals surface area contributed by atoms with E-state index in [1.807, 2.05) is 30.3 Å². The first-order valence-electron chi connectivity index (χ1n) is 10.5. The molecule has 0 fully saturated rings. The van der Waals surface area contributed by atoms with Gasteiger partial charge in [-0.25, -0.2) is 0 Å². The molecular formula is C25H23N. The zero-order chi connectivity index (χ0) is 19.3. The molecular weight excluding hydrogens is 314 g/mol. The van der Waals surface area contributed by atoms with Gasteiger partial charge in [0.15, 0.2) is 1.41 Å². The Morgan fingerprint density at radius 1 is 0.846 bits per heavy atom. The van der Waals surface area contributed by atoms with E-state index in [1.165, 1.54) is 11.1 Å². The van der Waals surface area contributed by atoms with Crippen molar-refractivity contribution in [1.82, 2.24) is 0 Å². The summed E-state index contributed by atoms with van der Waals surface area (Å²) in [4.78, 5) is 0. The normalized spacial score (nSPS) is 17.0. The van der Waals surface area contributed by atoms with E-state index in [9.17, 15) is 0 Å². The molecule has 0 aliphatic carbocycles. The first-order valence-corrected chi connectivity index (χ1v) is 9.53. The zero-order valence-corrected chi connectivity index (χ0v) is 15.0. The Morgan fingerprint density at radius 2 is 1.50 bits per heavy atom. The van der Waals surface area contributed by atoms with Gasteiger partial charge in [-0.1, -0.05) is 92.5 Å². The maximum Gasteiger partial charge on any atom is 0.167 e. The first-order chi connectivity index (χ1) is 13.7. The van der Waals surface area contributed by atoms with Crippen LogP contribution >= 0.6 is 0 Å². The van der Waals surface area contributed by atoms with E-state index in [4.69, 9.17) is 2.78 Å². The summed E-state index contributed by atoms with van der Waals surface area (Å²) in [7, 11) is 0. The summed E-state index contributed by atoms with van der Waals surface area (Å²) in [6, 6.07) is 23.3. The lowest BCUT2D eigenvalue weighted by molar-refractivity contribution is 0.650. The highest BCUT2D eigenvalue weighted by molar-refractivity contribution is 6.05. The minimum Gasteiger partial charge on any atom is -0.354 e. The quantitative estimate of drug-likeness (QED) is 0.411. The fourth-order valence-corrected chi connectivity index (χ4v) is 4.27. The van der Waals surface area contributed by atoms with E-state index in [0.29, 0.717) is 6.04 Å². The highest BCUT2D eigenvalue weighted by Gasteiger charge is 2.27. The van der Waals surface area contributed by atoms with Crippen molar-refractivity contribution >= 4 is 32.9 Å². The van der Waals surface area contributed by atoms with E-state index in [-0.39, 0.29) is 5.92 Å². The number of benzene rings is 4. The highest BCUT2D eigenvalue weighted by Crippen LogP contribution is 2.48. The van der Waals surface area contributed by atoms with Crippen LogP contribution in [0.25, 0.3) is 21.5 Å². The Morgan fingerprint density at radius 3 is 2.27 bits per heavy atom. The van der Waals surface area contributed by atoms with Gasteiger partial charge in [0.2, 0.25) is 0 Å². The fourth-order valence-electron chi connectivity index (χ4n) is 4.27. The van der Waals surface area contributed by atoms with Crippen molar-refractivity contribution in [3.63, 3.8) is 0 Å². The second-order valence-corrected chi connectivity index (χ2v) is 7.17. The average molecular weight is 339 g/mol. The van der Waals surface area contributed by atoms with Crippen LogP contribution < -0.4 is 5.31 Å². The molecule has 1 heteroatoms. The molecule has 5 rings (SSSR count). The van der Waals surface area contributed by atoms with Gasteiger partial charge in [-0.3, -0.25) is 0 Å². The predicted molar refractivity (Wildman–Crippen MR) is 113 cm³/mol. The standard InChI is InChI=1S/C25H23N/c1-2-3-10-21-22-15-13-17-8-4-6-11-19(17)24(22)26-25-20-12-7-5-9-18(20)14-16-23(21)25/h4-9,11-16,21,26H,2-3,10H2,1H3/i11D/hD. The largest absolute Gasteiger partial charge is 0.354 e. The molecule has 0 aromatic heterocycles. The molecule has 1 N–H and O–H groups in total. The van der Waals surface area contributed by atoms with Crippen LogP contribution in [0, 0.1) is 0 Å². The Labute approximate surface area is 157 Å². The van der Waals surface area contributed by atoms with Crippen LogP contribution in [0.2, 0.25) is 1.41 Å². The van der Waals surface area contributed by atoms with E-state index in [0.717, 1.165) is 52.2 Å². The fraction of sp³-hybridized carbons (Fsp3) is 0.200. The smallest absolute Gasteiger partial charge is 0.167 e. The van der Waals surface area contributed by atoms with Gasteiger partial charge in [-0.05, 0) is 28.3 Å². The van der Waals surface area contributed by atoms with Gasteiger partial charge >= 0.3 is 0 Å². The van der Waals surface area contributed by atoms with E-state index < -0.39 is 0 Å². The van der Waals surface area contributed by atoms with Gasteiger partial charge in [0.25, 0.3) is 0 Å². The second kappa shape index (κ2) is 6.17. The van der Waals surface area contributed by atoms with Crippen LogP contribution in [0.3, 0.4) is 0 Å². The average Bonchev–Trinajstić information content (AvgIpc) is 2.73. The van der Waals surface area contributed by atoms with Crippen molar-refractivity contribution in [3.8, 4) is 0 Å². The Balaban J connectivity index is 1.87. The van der Waals surface area contributed by atoms with Crippen LogP contribution in [-0.2, 0) is 0 Å². The Bertz CT molecular complexity index is 1200. The van der Waals surface area contributed by atoms with Crippen molar-refractivity contribution in [2.75, 3.05) is 5.31 Å². The summed E-state index contributed by atoms with van der Waals surface area (Å²) in [5.41, 5.74) is 4.27. The molecule has 1 atom stereocenters. The SMILES string of the molecule is [2H]c1cccc2ccc3c(c12)N([2H])c1c(ccc2ccccc12)C3CCCC. The minimum atomic E-state index is 0.264. The Kier molecular flexibility index (Phi) is 3.18. The summed E-state index contributed by atoms with van der Waals surface area (Å²) in [5.74, 6) is 0.264. The van der Waals surface area contributed by atoms with Crippen LogP contribution in [0.1, 0.15) is 44.6 Å². The summed E-state index contributed by atoms with van der Waals surface area (Å²) in [6.45, 7) is 2.23. The molecule has 1 aliphatic rings. The van der Waals surface area contributed by atoms with Crippen molar-refractivity contribution in [2.24, 2.45) is 0 Å². The second-order valence-electron chi connectivity index (χ2n) is 7.17. The lowest BCUT2D eigenvalue weighted by Crippen LogP contribution is -2.14. The molecule has 1 aliphatic heterocycles. The molecule has 0 saturated heterocycles. The molecule has 0 amide bonds. The summed E-state index contributed by atoms with van der Waals surface area (Å²) in [5, 5.41) is 5.77. The third kappa shape index (κ3) is 2.31. The highest BCUT2D eigenvalue weighted by atomic mass is 14.9. The number of nitrogens with one attached hydrogen (secondary N) is 1. The summed E-state index contributed by atoms with van der Waals surface area (Å²) in [6.07, 6.45) is 3.36. The first kappa shape index (κ1) is 13.4. The minimum absolute atomic E-state index is 0.264. The summed E-state index contributed by atoms with van der Waals surface area (Å²) >= 11 is 0. The molecule has 26 heavy (non-hydrogen) atoms. The third-order valence-electron chi connectivity index (χ3n) is 5.59. The number of hydrogen-bond acceptors (Lipinski definition) is 1. The van der Waals surface area contributed by atoms with Crippen LogP contribution in [0.4, 0.5) is 11.4 Å². The lowest BCUT2D eigenvalue weighted by atomic mass is 9.80. The van der Waals surface area contributed by atoms with Gasteiger partial charge in [0.05, 0.1) is 12.7 Å². The molecule has 0 radical (unpaired) electrons. The lowest BCUT2D eigenvalue weighted by Gasteiger charge is -2.31. The number of hydrogen-bond donors (Lipinski definition) is 1. The van der Waals surface area contributed by atoms with E-state index >= 15 is 0 Å².